The van der Waals surface area contributed by atoms with Gasteiger partial charge >= 0.3 is 6.61 Å². The molecule has 7 nitrogen and oxygen atoms in total. The van der Waals surface area contributed by atoms with Gasteiger partial charge in [0.05, 0.1) is 23.4 Å². The normalized spacial score (nSPS) is 12.2. The molecule has 0 aliphatic carbocycles. The molecule has 1 unspecified atom stereocenters. The molecule has 1 aromatic carbocycles. The number of methoxy groups -OCH3 is 2. The lowest BCUT2D eigenvalue weighted by atomic mass is 10.0. The van der Waals surface area contributed by atoms with E-state index in [-0.39, 0.29) is 18.3 Å². The fourth-order valence-electron chi connectivity index (χ4n) is 3.30. The third-order valence-electron chi connectivity index (χ3n) is 4.70. The van der Waals surface area contributed by atoms with Crippen LogP contribution in [0, 0.1) is 6.92 Å². The Hall–Kier alpha value is -2.85. The zero-order valence-electron chi connectivity index (χ0n) is 17.6. The first kappa shape index (κ1) is 22.8. The van der Waals surface area contributed by atoms with Gasteiger partial charge in [0.2, 0.25) is 5.88 Å². The van der Waals surface area contributed by atoms with Gasteiger partial charge in [-0.25, -0.2) is 4.98 Å². The largest absolute Gasteiger partial charge is 0.480 e. The summed E-state index contributed by atoms with van der Waals surface area (Å²) >= 11 is 1.21. The van der Waals surface area contributed by atoms with Crippen LogP contribution in [0.15, 0.2) is 24.3 Å². The number of hydrogen-bond acceptors (Lipinski definition) is 7. The van der Waals surface area contributed by atoms with Crippen LogP contribution in [-0.4, -0.2) is 36.7 Å². The number of fused-ring (bicyclic) bond motifs is 1. The molecule has 1 N–H and O–H groups in total. The van der Waals surface area contributed by atoms with Crippen molar-refractivity contribution < 1.29 is 27.8 Å². The standard InChI is InChI=1S/C21H23F2N3O4S/c1-5-13(12-8-6-7-9-14(12)30-21(22)23)24-18(27)17-11(2)16-19(29-4)25-15(10-28-3)26-20(16)31-17/h6-9,13,21H,5,10H2,1-4H3,(H,24,27). The minimum Gasteiger partial charge on any atom is -0.480 e. The van der Waals surface area contributed by atoms with Crippen LogP contribution in [0.3, 0.4) is 0 Å². The summed E-state index contributed by atoms with van der Waals surface area (Å²) in [5, 5.41) is 3.58. The molecule has 2 aromatic heterocycles. The zero-order chi connectivity index (χ0) is 22.5. The van der Waals surface area contributed by atoms with Crippen LogP contribution >= 0.6 is 11.3 Å². The number of halogens is 2. The number of aromatic nitrogens is 2. The van der Waals surface area contributed by atoms with Gasteiger partial charge in [0, 0.05) is 12.7 Å². The van der Waals surface area contributed by atoms with Gasteiger partial charge < -0.3 is 19.5 Å². The van der Waals surface area contributed by atoms with Crippen molar-refractivity contribution in [3.05, 3.63) is 46.1 Å². The Morgan fingerprint density at radius 3 is 2.61 bits per heavy atom. The number of para-hydroxylation sites is 1. The molecule has 0 radical (unpaired) electrons. The first-order valence-corrected chi connectivity index (χ1v) is 10.4. The van der Waals surface area contributed by atoms with E-state index < -0.39 is 12.7 Å². The van der Waals surface area contributed by atoms with Crippen LogP contribution in [0.4, 0.5) is 8.78 Å². The number of aryl methyl sites for hydroxylation is 1. The molecule has 31 heavy (non-hydrogen) atoms. The molecule has 0 aliphatic rings. The van der Waals surface area contributed by atoms with Crippen LogP contribution in [0.2, 0.25) is 0 Å². The highest BCUT2D eigenvalue weighted by atomic mass is 32.1. The van der Waals surface area contributed by atoms with Gasteiger partial charge in [0.25, 0.3) is 5.91 Å². The van der Waals surface area contributed by atoms with E-state index >= 15 is 0 Å². The molecular formula is C21H23F2N3O4S. The second-order valence-corrected chi connectivity index (χ2v) is 7.67. The van der Waals surface area contributed by atoms with Crippen molar-refractivity contribution in [1.29, 1.82) is 0 Å². The highest BCUT2D eigenvalue weighted by Gasteiger charge is 2.24. The average Bonchev–Trinajstić information content (AvgIpc) is 3.08. The van der Waals surface area contributed by atoms with Gasteiger partial charge in [0.1, 0.15) is 17.2 Å². The number of nitrogens with one attached hydrogen (secondary N) is 1. The zero-order valence-corrected chi connectivity index (χ0v) is 18.4. The Labute approximate surface area is 182 Å². The first-order valence-electron chi connectivity index (χ1n) is 9.57. The monoisotopic (exact) mass is 451 g/mol. The third kappa shape index (κ3) is 4.91. The molecular weight excluding hydrogens is 428 g/mol. The lowest BCUT2D eigenvalue weighted by Gasteiger charge is -2.20. The maximum Gasteiger partial charge on any atom is 0.387 e. The van der Waals surface area contributed by atoms with E-state index in [1.54, 1.807) is 32.2 Å². The molecule has 0 saturated carbocycles. The maximum atomic E-state index is 13.1. The molecule has 3 aromatic rings. The Balaban J connectivity index is 1.95. The van der Waals surface area contributed by atoms with E-state index in [1.807, 2.05) is 6.92 Å². The summed E-state index contributed by atoms with van der Waals surface area (Å²) in [4.78, 5) is 23.0. The third-order valence-corrected chi connectivity index (χ3v) is 5.88. The molecule has 1 amide bonds. The molecule has 1 atom stereocenters. The number of alkyl halides is 2. The number of thiophene rings is 1. The molecule has 0 spiro atoms. The number of carbonyl (C=O) groups excluding carboxylic acids is 1. The molecule has 166 valence electrons. The van der Waals surface area contributed by atoms with Crippen molar-refractivity contribution in [2.45, 2.75) is 39.5 Å². The van der Waals surface area contributed by atoms with E-state index in [4.69, 9.17) is 9.47 Å². The predicted molar refractivity (Wildman–Crippen MR) is 113 cm³/mol. The van der Waals surface area contributed by atoms with Crippen LogP contribution < -0.4 is 14.8 Å². The van der Waals surface area contributed by atoms with Gasteiger partial charge in [0.15, 0.2) is 5.82 Å². The summed E-state index contributed by atoms with van der Waals surface area (Å²) in [5.41, 5.74) is 1.17. The highest BCUT2D eigenvalue weighted by Crippen LogP contribution is 2.36. The fourth-order valence-corrected chi connectivity index (χ4v) is 4.39. The Morgan fingerprint density at radius 2 is 1.97 bits per heavy atom. The van der Waals surface area contributed by atoms with Crippen molar-refractivity contribution >= 4 is 27.5 Å². The maximum absolute atomic E-state index is 13.1. The van der Waals surface area contributed by atoms with Gasteiger partial charge in [-0.1, -0.05) is 25.1 Å². The van der Waals surface area contributed by atoms with Crippen LogP contribution in [0.25, 0.3) is 10.2 Å². The number of rotatable bonds is 9. The van der Waals surface area contributed by atoms with Gasteiger partial charge in [-0.15, -0.1) is 11.3 Å². The summed E-state index contributed by atoms with van der Waals surface area (Å²) in [6, 6.07) is 5.93. The number of benzene rings is 1. The van der Waals surface area contributed by atoms with E-state index in [0.717, 1.165) is 0 Å². The topological polar surface area (TPSA) is 82.6 Å². The minimum atomic E-state index is -2.95. The molecule has 0 fully saturated rings. The van der Waals surface area contributed by atoms with Crippen molar-refractivity contribution in [2.24, 2.45) is 0 Å². The number of ether oxygens (including phenoxy) is 3. The fraction of sp³-hybridized carbons (Fsp3) is 0.381. The molecule has 3 rings (SSSR count). The number of nitrogens with zero attached hydrogens (tertiary/aromatic N) is 2. The summed E-state index contributed by atoms with van der Waals surface area (Å²) in [5.74, 6) is 0.515. The minimum absolute atomic E-state index is 0.0365. The number of carbonyl (C=O) groups is 1. The van der Waals surface area contributed by atoms with E-state index in [1.165, 1.54) is 24.5 Å². The van der Waals surface area contributed by atoms with Crippen molar-refractivity contribution in [3.8, 4) is 11.6 Å². The summed E-state index contributed by atoms with van der Waals surface area (Å²) in [7, 11) is 3.04. The van der Waals surface area contributed by atoms with Crippen molar-refractivity contribution in [2.75, 3.05) is 14.2 Å². The van der Waals surface area contributed by atoms with E-state index in [2.05, 4.69) is 20.0 Å². The van der Waals surface area contributed by atoms with Crippen LogP contribution in [0.5, 0.6) is 11.6 Å². The molecule has 0 saturated heterocycles. The predicted octanol–water partition coefficient (Wildman–Crippen LogP) is 4.64. The second kappa shape index (κ2) is 9.97. The van der Waals surface area contributed by atoms with Crippen molar-refractivity contribution in [1.82, 2.24) is 15.3 Å². The highest BCUT2D eigenvalue weighted by molar-refractivity contribution is 7.20. The van der Waals surface area contributed by atoms with Gasteiger partial charge in [-0.05, 0) is 25.0 Å². The number of hydrogen-bond donors (Lipinski definition) is 1. The lowest BCUT2D eigenvalue weighted by Crippen LogP contribution is -2.28. The Kier molecular flexibility index (Phi) is 7.34. The van der Waals surface area contributed by atoms with Crippen LogP contribution in [-0.2, 0) is 11.3 Å². The molecule has 0 aliphatic heterocycles. The summed E-state index contributed by atoms with van der Waals surface area (Å²) < 4.78 is 40.7. The summed E-state index contributed by atoms with van der Waals surface area (Å²) in [6.45, 7) is 0.910. The number of amides is 1. The van der Waals surface area contributed by atoms with Gasteiger partial charge in [-0.3, -0.25) is 4.79 Å². The quantitative estimate of drug-likeness (QED) is 0.511. The smallest absolute Gasteiger partial charge is 0.387 e. The summed E-state index contributed by atoms with van der Waals surface area (Å²) in [6.07, 6.45) is 0.487. The first-order chi connectivity index (χ1) is 14.9. The molecule has 0 bridgehead atoms. The van der Waals surface area contributed by atoms with E-state index in [0.29, 0.717) is 44.3 Å². The van der Waals surface area contributed by atoms with Crippen molar-refractivity contribution in [3.63, 3.8) is 0 Å². The van der Waals surface area contributed by atoms with Crippen LogP contribution in [0.1, 0.15) is 46.0 Å². The second-order valence-electron chi connectivity index (χ2n) is 6.67. The average molecular weight is 451 g/mol. The Bertz CT molecular complexity index is 1070. The SMILES string of the molecule is CCC(NC(=O)c1sc2nc(COC)nc(OC)c2c1C)c1ccccc1OC(F)F. The van der Waals surface area contributed by atoms with Gasteiger partial charge in [-0.2, -0.15) is 13.8 Å². The Morgan fingerprint density at radius 1 is 1.23 bits per heavy atom. The molecule has 2 heterocycles. The molecule has 10 heteroatoms. The van der Waals surface area contributed by atoms with E-state index in [9.17, 15) is 13.6 Å². The lowest BCUT2D eigenvalue weighted by molar-refractivity contribution is -0.0506.